The van der Waals surface area contributed by atoms with Gasteiger partial charge in [-0.3, -0.25) is 9.59 Å². The number of rotatable bonds is 10. The molecule has 2 aromatic carbocycles. The summed E-state index contributed by atoms with van der Waals surface area (Å²) in [5.41, 5.74) is 4.90. The van der Waals surface area contributed by atoms with Crippen LogP contribution in [0.3, 0.4) is 0 Å². The average molecular weight is 494 g/mol. The lowest BCUT2D eigenvalue weighted by Gasteiger charge is -2.14. The van der Waals surface area contributed by atoms with Crippen molar-refractivity contribution < 1.29 is 24.2 Å². The fourth-order valence-electron chi connectivity index (χ4n) is 4.16. The van der Waals surface area contributed by atoms with Crippen molar-refractivity contribution in [3.05, 3.63) is 75.7 Å². The SMILES string of the molecule is CCC(CNC(=O)c1csc(CCNC(=O)OCC2c3ccccc3-c3ccccc32)n1)C(=O)O. The number of amides is 2. The van der Waals surface area contributed by atoms with Crippen LogP contribution in [-0.2, 0) is 16.0 Å². The third kappa shape index (κ3) is 5.68. The molecule has 1 unspecified atom stereocenters. The van der Waals surface area contributed by atoms with Crippen LogP contribution in [0.25, 0.3) is 11.1 Å². The minimum atomic E-state index is -0.939. The molecule has 0 fully saturated rings. The second-order valence-corrected chi connectivity index (χ2v) is 9.22. The van der Waals surface area contributed by atoms with E-state index in [-0.39, 0.29) is 24.8 Å². The van der Waals surface area contributed by atoms with Gasteiger partial charge in [0.15, 0.2) is 0 Å². The van der Waals surface area contributed by atoms with Crippen molar-refractivity contribution in [1.29, 1.82) is 0 Å². The quantitative estimate of drug-likeness (QED) is 0.392. The summed E-state index contributed by atoms with van der Waals surface area (Å²) < 4.78 is 5.53. The molecule has 0 aliphatic heterocycles. The van der Waals surface area contributed by atoms with E-state index in [1.807, 2.05) is 24.3 Å². The highest BCUT2D eigenvalue weighted by atomic mass is 32.1. The van der Waals surface area contributed by atoms with Crippen LogP contribution in [0, 0.1) is 5.92 Å². The summed E-state index contributed by atoms with van der Waals surface area (Å²) >= 11 is 1.31. The maximum atomic E-state index is 12.3. The maximum Gasteiger partial charge on any atom is 0.407 e. The van der Waals surface area contributed by atoms with Gasteiger partial charge in [-0.05, 0) is 28.7 Å². The zero-order valence-electron chi connectivity index (χ0n) is 19.3. The predicted molar refractivity (Wildman–Crippen MR) is 133 cm³/mol. The van der Waals surface area contributed by atoms with E-state index in [2.05, 4.69) is 39.9 Å². The van der Waals surface area contributed by atoms with Gasteiger partial charge in [0.05, 0.1) is 10.9 Å². The molecular weight excluding hydrogens is 466 g/mol. The van der Waals surface area contributed by atoms with E-state index >= 15 is 0 Å². The van der Waals surface area contributed by atoms with E-state index in [1.54, 1.807) is 12.3 Å². The molecule has 8 nitrogen and oxygen atoms in total. The first-order chi connectivity index (χ1) is 17.0. The third-order valence-electron chi connectivity index (χ3n) is 6.09. The molecule has 0 spiro atoms. The standard InChI is InChI=1S/C26H27N3O5S/c1-2-16(25(31)32)13-28-24(30)22-15-35-23(29-22)11-12-27-26(33)34-14-21-19-9-5-3-7-17(19)18-8-4-6-10-20(18)21/h3-10,15-16,21H,2,11-14H2,1H3,(H,27,33)(H,28,30)(H,31,32). The van der Waals surface area contributed by atoms with Crippen molar-refractivity contribution in [2.24, 2.45) is 5.92 Å². The Hall–Kier alpha value is -3.72. The van der Waals surface area contributed by atoms with Gasteiger partial charge >= 0.3 is 12.1 Å². The Kier molecular flexibility index (Phi) is 7.77. The monoisotopic (exact) mass is 493 g/mol. The largest absolute Gasteiger partial charge is 0.481 e. The van der Waals surface area contributed by atoms with Gasteiger partial charge in [-0.1, -0.05) is 55.5 Å². The van der Waals surface area contributed by atoms with E-state index in [4.69, 9.17) is 9.84 Å². The Morgan fingerprint density at radius 1 is 1.06 bits per heavy atom. The van der Waals surface area contributed by atoms with Crippen LogP contribution in [0.2, 0.25) is 0 Å². The third-order valence-corrected chi connectivity index (χ3v) is 7.00. The zero-order valence-corrected chi connectivity index (χ0v) is 20.1. The highest BCUT2D eigenvalue weighted by Gasteiger charge is 2.29. The van der Waals surface area contributed by atoms with Crippen molar-refractivity contribution in [3.8, 4) is 11.1 Å². The zero-order chi connectivity index (χ0) is 24.8. The number of carboxylic acid groups (broad SMARTS) is 1. The lowest BCUT2D eigenvalue weighted by molar-refractivity contribution is -0.141. The molecule has 35 heavy (non-hydrogen) atoms. The molecule has 9 heteroatoms. The summed E-state index contributed by atoms with van der Waals surface area (Å²) in [6.45, 7) is 2.38. The molecule has 3 aromatic rings. The number of nitrogens with one attached hydrogen (secondary N) is 2. The van der Waals surface area contributed by atoms with Crippen LogP contribution in [0.1, 0.15) is 45.9 Å². The van der Waals surface area contributed by atoms with Crippen molar-refractivity contribution in [2.45, 2.75) is 25.7 Å². The molecule has 3 N–H and O–H groups in total. The topological polar surface area (TPSA) is 118 Å². The molecule has 0 saturated carbocycles. The second kappa shape index (κ2) is 11.1. The number of carbonyl (C=O) groups excluding carboxylic acids is 2. The number of fused-ring (bicyclic) bond motifs is 3. The van der Waals surface area contributed by atoms with E-state index in [1.165, 1.54) is 22.5 Å². The molecule has 0 bridgehead atoms. The number of carboxylic acids is 1. The van der Waals surface area contributed by atoms with Crippen LogP contribution >= 0.6 is 11.3 Å². The summed E-state index contributed by atoms with van der Waals surface area (Å²) in [5, 5.41) is 16.8. The molecule has 1 aromatic heterocycles. The molecule has 0 radical (unpaired) electrons. The molecule has 1 atom stereocenters. The van der Waals surface area contributed by atoms with Gasteiger partial charge in [0.1, 0.15) is 12.3 Å². The van der Waals surface area contributed by atoms with Gasteiger partial charge < -0.3 is 20.5 Å². The fourth-order valence-corrected chi connectivity index (χ4v) is 4.94. The summed E-state index contributed by atoms with van der Waals surface area (Å²) in [6.07, 6.45) is 0.384. The predicted octanol–water partition coefficient (Wildman–Crippen LogP) is 4.06. The van der Waals surface area contributed by atoms with Gasteiger partial charge in [-0.15, -0.1) is 11.3 Å². The number of alkyl carbamates (subject to hydrolysis) is 1. The Bertz CT molecular complexity index is 1180. The molecule has 0 saturated heterocycles. The van der Waals surface area contributed by atoms with Crippen LogP contribution < -0.4 is 10.6 Å². The molecule has 1 aliphatic carbocycles. The van der Waals surface area contributed by atoms with E-state index in [0.717, 1.165) is 11.1 Å². The van der Waals surface area contributed by atoms with Gasteiger partial charge in [-0.25, -0.2) is 9.78 Å². The van der Waals surface area contributed by atoms with Crippen LogP contribution in [0.15, 0.2) is 53.9 Å². The van der Waals surface area contributed by atoms with Gasteiger partial charge in [0.25, 0.3) is 5.91 Å². The fraction of sp³-hybridized carbons (Fsp3) is 0.308. The lowest BCUT2D eigenvalue weighted by atomic mass is 9.98. The number of hydrogen-bond donors (Lipinski definition) is 3. The van der Waals surface area contributed by atoms with Crippen molar-refractivity contribution >= 4 is 29.3 Å². The van der Waals surface area contributed by atoms with Gasteiger partial charge in [0.2, 0.25) is 0 Å². The number of ether oxygens (including phenoxy) is 1. The van der Waals surface area contributed by atoms with E-state index < -0.39 is 23.9 Å². The normalized spacial score (nSPS) is 12.9. The Balaban J connectivity index is 1.23. The summed E-state index contributed by atoms with van der Waals surface area (Å²) in [6, 6.07) is 16.3. The molecule has 2 amide bonds. The van der Waals surface area contributed by atoms with Gasteiger partial charge in [0, 0.05) is 30.8 Å². The van der Waals surface area contributed by atoms with E-state index in [0.29, 0.717) is 24.4 Å². The summed E-state index contributed by atoms with van der Waals surface area (Å²) in [5.74, 6) is -1.97. The molecular formula is C26H27N3O5S. The first-order valence-corrected chi connectivity index (χ1v) is 12.4. The molecule has 1 heterocycles. The van der Waals surface area contributed by atoms with Crippen molar-refractivity contribution in [1.82, 2.24) is 15.6 Å². The highest BCUT2D eigenvalue weighted by Crippen LogP contribution is 2.44. The first-order valence-electron chi connectivity index (χ1n) is 11.5. The number of carbonyl (C=O) groups is 3. The van der Waals surface area contributed by atoms with Crippen LogP contribution in [0.4, 0.5) is 4.79 Å². The smallest absolute Gasteiger partial charge is 0.407 e. The molecule has 1 aliphatic rings. The van der Waals surface area contributed by atoms with E-state index in [9.17, 15) is 14.4 Å². The Morgan fingerprint density at radius 3 is 2.34 bits per heavy atom. The second-order valence-electron chi connectivity index (χ2n) is 8.28. The number of hydrogen-bond acceptors (Lipinski definition) is 6. The number of benzene rings is 2. The number of aromatic nitrogens is 1. The maximum absolute atomic E-state index is 12.3. The number of nitrogens with zero attached hydrogens (tertiary/aromatic N) is 1. The van der Waals surface area contributed by atoms with Crippen LogP contribution in [-0.4, -0.2) is 47.8 Å². The number of aliphatic carboxylic acids is 1. The first kappa shape index (κ1) is 24.4. The van der Waals surface area contributed by atoms with Crippen molar-refractivity contribution in [3.63, 3.8) is 0 Å². The molecule has 182 valence electrons. The average Bonchev–Trinajstić information content (AvgIpc) is 3.46. The van der Waals surface area contributed by atoms with Crippen LogP contribution in [0.5, 0.6) is 0 Å². The lowest BCUT2D eigenvalue weighted by Crippen LogP contribution is -2.32. The highest BCUT2D eigenvalue weighted by molar-refractivity contribution is 7.09. The minimum Gasteiger partial charge on any atom is -0.481 e. The van der Waals surface area contributed by atoms with Crippen molar-refractivity contribution in [2.75, 3.05) is 19.7 Å². The minimum absolute atomic E-state index is 0.00150. The summed E-state index contributed by atoms with van der Waals surface area (Å²) in [7, 11) is 0. The van der Waals surface area contributed by atoms with Gasteiger partial charge in [-0.2, -0.15) is 0 Å². The molecule has 4 rings (SSSR count). The Labute approximate surface area is 207 Å². The Morgan fingerprint density at radius 2 is 1.71 bits per heavy atom. The number of thiazole rings is 1. The summed E-state index contributed by atoms with van der Waals surface area (Å²) in [4.78, 5) is 39.9.